The summed E-state index contributed by atoms with van der Waals surface area (Å²) in [5.74, 6) is 1.43. The second kappa shape index (κ2) is 5.72. The summed E-state index contributed by atoms with van der Waals surface area (Å²) in [5, 5.41) is 20.2. The first-order valence-electron chi connectivity index (χ1n) is 9.57. The van der Waals surface area contributed by atoms with Crippen LogP contribution in [-0.4, -0.2) is 22.5 Å². The Labute approximate surface area is 144 Å². The van der Waals surface area contributed by atoms with E-state index in [1.165, 1.54) is 0 Å². The van der Waals surface area contributed by atoms with Crippen molar-refractivity contribution in [2.75, 3.05) is 0 Å². The summed E-state index contributed by atoms with van der Waals surface area (Å²) in [4.78, 5) is 0. The van der Waals surface area contributed by atoms with Crippen LogP contribution in [0.5, 0.6) is 5.75 Å². The highest BCUT2D eigenvalue weighted by atomic mass is 19.1. The van der Waals surface area contributed by atoms with Crippen LogP contribution >= 0.6 is 0 Å². The fourth-order valence-electron chi connectivity index (χ4n) is 6.47. The number of alkyl halides is 1. The third-order valence-electron chi connectivity index (χ3n) is 7.22. The highest BCUT2D eigenvalue weighted by Crippen LogP contribution is 2.63. The molecule has 0 bridgehead atoms. The van der Waals surface area contributed by atoms with Crippen LogP contribution in [0.2, 0.25) is 0 Å². The number of aliphatic hydroxyl groups excluding tert-OH is 1. The Bertz CT molecular complexity index is 630. The molecule has 1 aromatic rings. The number of hydrogen-bond acceptors (Lipinski definition) is 2. The van der Waals surface area contributed by atoms with Crippen molar-refractivity contribution in [2.24, 2.45) is 23.2 Å². The molecule has 7 atom stereocenters. The van der Waals surface area contributed by atoms with Crippen LogP contribution in [0, 0.1) is 23.2 Å². The Morgan fingerprint density at radius 3 is 2.83 bits per heavy atom. The highest BCUT2D eigenvalue weighted by Gasteiger charge is 2.58. The minimum Gasteiger partial charge on any atom is -0.508 e. The molecule has 0 aliphatic heterocycles. The number of hydrogen-bond donors (Lipinski definition) is 2. The van der Waals surface area contributed by atoms with E-state index in [9.17, 15) is 10.2 Å². The molecule has 0 amide bonds. The molecule has 0 spiro atoms. The molecule has 2 saturated carbocycles. The molecule has 2 N–H and O–H groups in total. The summed E-state index contributed by atoms with van der Waals surface area (Å²) >= 11 is 0. The molecule has 0 saturated heterocycles. The van der Waals surface area contributed by atoms with Gasteiger partial charge in [-0.15, -0.1) is 0 Å². The van der Waals surface area contributed by atoms with Gasteiger partial charge >= 0.3 is 0 Å². The van der Waals surface area contributed by atoms with Gasteiger partial charge in [0.1, 0.15) is 11.9 Å². The first-order chi connectivity index (χ1) is 11.4. The second-order valence-corrected chi connectivity index (χ2v) is 8.81. The van der Waals surface area contributed by atoms with Gasteiger partial charge in [-0.1, -0.05) is 32.8 Å². The first kappa shape index (κ1) is 16.4. The summed E-state index contributed by atoms with van der Waals surface area (Å²) < 4.78 is 15.4. The molecule has 3 heteroatoms. The van der Waals surface area contributed by atoms with E-state index in [1.807, 2.05) is 12.1 Å². The van der Waals surface area contributed by atoms with Gasteiger partial charge in [0, 0.05) is 5.92 Å². The van der Waals surface area contributed by atoms with Crippen molar-refractivity contribution in [3.05, 3.63) is 29.3 Å². The number of rotatable bonds is 2. The monoisotopic (exact) mass is 332 g/mol. The number of aromatic hydroxyl groups is 1. The highest BCUT2D eigenvalue weighted by molar-refractivity contribution is 5.41. The standard InChI is InChI=1S/C21H29FO2/c1-3-4-12-7-13-8-14(23)5-6-16(13)20-18(22)11-21(2)10-15(24)9-17(21)19(12)20/h5-6,8,12,15,17-20,23-24H,3-4,7,9-11H2,1-2H3/t12-,15+,17+,18+,19+,20+,21+/m1/s1. The van der Waals surface area contributed by atoms with Crippen LogP contribution in [0.3, 0.4) is 0 Å². The van der Waals surface area contributed by atoms with E-state index >= 15 is 4.39 Å². The van der Waals surface area contributed by atoms with E-state index in [0.29, 0.717) is 24.2 Å². The lowest BCUT2D eigenvalue weighted by atomic mass is 9.52. The minimum absolute atomic E-state index is 0.0551. The summed E-state index contributed by atoms with van der Waals surface area (Å²) in [5.41, 5.74) is 2.20. The molecule has 132 valence electrons. The van der Waals surface area contributed by atoms with Gasteiger partial charge in [-0.25, -0.2) is 4.39 Å². The molecular formula is C21H29FO2. The molecule has 24 heavy (non-hydrogen) atoms. The van der Waals surface area contributed by atoms with Crippen LogP contribution in [-0.2, 0) is 6.42 Å². The number of benzene rings is 1. The largest absolute Gasteiger partial charge is 0.508 e. The van der Waals surface area contributed by atoms with E-state index in [0.717, 1.165) is 43.2 Å². The lowest BCUT2D eigenvalue weighted by molar-refractivity contribution is -0.0257. The molecule has 3 aliphatic carbocycles. The Balaban J connectivity index is 1.80. The molecule has 1 aromatic carbocycles. The molecule has 4 rings (SSSR count). The number of fused-ring (bicyclic) bond motifs is 5. The van der Waals surface area contributed by atoms with Gasteiger partial charge in [0.05, 0.1) is 6.10 Å². The maximum absolute atomic E-state index is 15.4. The van der Waals surface area contributed by atoms with Crippen molar-refractivity contribution in [2.45, 2.75) is 70.6 Å². The summed E-state index contributed by atoms with van der Waals surface area (Å²) in [6.07, 6.45) is 4.18. The normalized spacial score (nSPS) is 43.8. The smallest absolute Gasteiger partial charge is 0.115 e. The maximum Gasteiger partial charge on any atom is 0.115 e. The third-order valence-corrected chi connectivity index (χ3v) is 7.22. The maximum atomic E-state index is 15.4. The molecule has 0 unspecified atom stereocenters. The number of phenolic OH excluding ortho intramolecular Hbond substituents is 1. The Morgan fingerprint density at radius 1 is 1.29 bits per heavy atom. The van der Waals surface area contributed by atoms with E-state index in [2.05, 4.69) is 13.8 Å². The predicted molar refractivity (Wildman–Crippen MR) is 92.8 cm³/mol. The zero-order chi connectivity index (χ0) is 17.1. The van der Waals surface area contributed by atoms with Gasteiger partial charge in [0.2, 0.25) is 0 Å². The van der Waals surface area contributed by atoms with Crippen molar-refractivity contribution in [3.8, 4) is 5.75 Å². The van der Waals surface area contributed by atoms with Crippen molar-refractivity contribution in [3.63, 3.8) is 0 Å². The quantitative estimate of drug-likeness (QED) is 0.832. The summed E-state index contributed by atoms with van der Waals surface area (Å²) in [6, 6.07) is 5.50. The lowest BCUT2D eigenvalue weighted by Crippen LogP contribution is -2.48. The van der Waals surface area contributed by atoms with E-state index in [1.54, 1.807) is 6.07 Å². The zero-order valence-electron chi connectivity index (χ0n) is 14.7. The molecular weight excluding hydrogens is 303 g/mol. The topological polar surface area (TPSA) is 40.5 Å². The fourth-order valence-corrected chi connectivity index (χ4v) is 6.47. The Hall–Kier alpha value is -1.09. The minimum atomic E-state index is -0.843. The van der Waals surface area contributed by atoms with E-state index in [-0.39, 0.29) is 23.2 Å². The Kier molecular flexibility index (Phi) is 3.91. The van der Waals surface area contributed by atoms with Gasteiger partial charge in [-0.2, -0.15) is 0 Å². The average molecular weight is 332 g/mol. The van der Waals surface area contributed by atoms with Crippen molar-refractivity contribution < 1.29 is 14.6 Å². The zero-order valence-corrected chi connectivity index (χ0v) is 14.7. The van der Waals surface area contributed by atoms with Crippen LogP contribution in [0.25, 0.3) is 0 Å². The van der Waals surface area contributed by atoms with Gasteiger partial charge in [0.15, 0.2) is 0 Å². The van der Waals surface area contributed by atoms with E-state index in [4.69, 9.17) is 0 Å². The molecule has 2 nitrogen and oxygen atoms in total. The van der Waals surface area contributed by atoms with Crippen molar-refractivity contribution >= 4 is 0 Å². The first-order valence-corrected chi connectivity index (χ1v) is 9.57. The number of phenols is 1. The number of halogens is 1. The van der Waals surface area contributed by atoms with Crippen molar-refractivity contribution in [1.82, 2.24) is 0 Å². The predicted octanol–water partition coefficient (Wildman–Crippen LogP) is 4.58. The molecule has 0 aromatic heterocycles. The van der Waals surface area contributed by atoms with Crippen LogP contribution in [0.4, 0.5) is 4.39 Å². The van der Waals surface area contributed by atoms with Crippen LogP contribution in [0.1, 0.15) is 63.0 Å². The molecule has 0 radical (unpaired) electrons. The van der Waals surface area contributed by atoms with Crippen LogP contribution < -0.4 is 0 Å². The third kappa shape index (κ3) is 2.39. The van der Waals surface area contributed by atoms with Gasteiger partial charge in [0.25, 0.3) is 0 Å². The molecule has 2 fully saturated rings. The summed E-state index contributed by atoms with van der Waals surface area (Å²) in [7, 11) is 0. The van der Waals surface area contributed by atoms with Gasteiger partial charge in [-0.05, 0) is 72.1 Å². The van der Waals surface area contributed by atoms with Gasteiger partial charge < -0.3 is 10.2 Å². The molecule has 0 heterocycles. The van der Waals surface area contributed by atoms with Crippen LogP contribution in [0.15, 0.2) is 18.2 Å². The fraction of sp³-hybridized carbons (Fsp3) is 0.714. The number of aliphatic hydroxyl groups is 1. The SMILES string of the molecule is CCC[C@@H]1Cc2cc(O)ccc2[C@@H]2[C@@H]1[C@@H]1C[C@H](O)C[C@@]1(C)C[C@@H]2F. The summed E-state index contributed by atoms with van der Waals surface area (Å²) in [6.45, 7) is 4.40. The lowest BCUT2D eigenvalue weighted by Gasteiger charge is -2.53. The van der Waals surface area contributed by atoms with E-state index < -0.39 is 6.17 Å². The van der Waals surface area contributed by atoms with Gasteiger partial charge in [-0.3, -0.25) is 0 Å². The average Bonchev–Trinajstić information content (AvgIpc) is 2.80. The second-order valence-electron chi connectivity index (χ2n) is 8.81. The Morgan fingerprint density at radius 2 is 2.08 bits per heavy atom. The molecule has 3 aliphatic rings. The van der Waals surface area contributed by atoms with Crippen molar-refractivity contribution in [1.29, 1.82) is 0 Å².